The van der Waals surface area contributed by atoms with E-state index >= 15 is 0 Å². The molecule has 1 N–H and O–H groups in total. The second-order valence-corrected chi connectivity index (χ2v) is 8.26. The first-order chi connectivity index (χ1) is 17.0. The first kappa shape index (κ1) is 23.5. The largest absolute Gasteiger partial charge is 0.366 e. The van der Waals surface area contributed by atoms with Crippen molar-refractivity contribution in [1.29, 1.82) is 5.26 Å². The van der Waals surface area contributed by atoms with Crippen molar-refractivity contribution in [2.45, 2.75) is 27.3 Å². The van der Waals surface area contributed by atoms with Crippen molar-refractivity contribution in [2.24, 2.45) is 0 Å². The van der Waals surface area contributed by atoms with E-state index in [-0.39, 0.29) is 0 Å². The molecule has 6 heteroatoms. The predicted molar refractivity (Wildman–Crippen MR) is 141 cm³/mol. The van der Waals surface area contributed by atoms with E-state index in [1.165, 1.54) is 0 Å². The molecule has 0 atom stereocenters. The molecule has 0 saturated heterocycles. The number of hydrogen-bond acceptors (Lipinski definition) is 6. The summed E-state index contributed by atoms with van der Waals surface area (Å²) < 4.78 is 0. The number of nitrogens with one attached hydrogen (secondary N) is 1. The van der Waals surface area contributed by atoms with Crippen LogP contribution in [0.15, 0.2) is 85.5 Å². The highest BCUT2D eigenvalue weighted by molar-refractivity contribution is 5.84. The Labute approximate surface area is 205 Å². The van der Waals surface area contributed by atoms with Crippen molar-refractivity contribution < 1.29 is 0 Å². The number of nitrogens with zero attached hydrogens (tertiary/aromatic N) is 5. The molecular weight excluding hydrogens is 432 g/mol. The smallest absolute Gasteiger partial charge is 0.133 e. The van der Waals surface area contributed by atoms with Gasteiger partial charge in [0.1, 0.15) is 18.2 Å². The third kappa shape index (κ3) is 5.31. The van der Waals surface area contributed by atoms with Gasteiger partial charge in [-0.1, -0.05) is 42.5 Å². The van der Waals surface area contributed by atoms with Crippen LogP contribution in [-0.4, -0.2) is 19.9 Å². The van der Waals surface area contributed by atoms with E-state index in [2.05, 4.69) is 44.0 Å². The molecule has 3 aromatic heterocycles. The van der Waals surface area contributed by atoms with Crippen LogP contribution in [0.25, 0.3) is 27.7 Å². The van der Waals surface area contributed by atoms with E-state index in [1.807, 2.05) is 69.3 Å². The molecule has 172 valence electrons. The predicted octanol–water partition coefficient (Wildman–Crippen LogP) is 6.41. The average molecular weight is 459 g/mol. The van der Waals surface area contributed by atoms with Gasteiger partial charge in [0.2, 0.25) is 0 Å². The minimum absolute atomic E-state index is 0.476. The summed E-state index contributed by atoms with van der Waals surface area (Å²) in [6.45, 7) is 10.3. The van der Waals surface area contributed by atoms with Crippen LogP contribution < -0.4 is 5.32 Å². The third-order valence-electron chi connectivity index (χ3n) is 5.51. The van der Waals surface area contributed by atoms with Gasteiger partial charge in [0.25, 0.3) is 0 Å². The zero-order chi connectivity index (χ0) is 24.8. The van der Waals surface area contributed by atoms with Crippen molar-refractivity contribution in [2.75, 3.05) is 5.32 Å². The monoisotopic (exact) mass is 458 g/mol. The number of nitriles is 1. The van der Waals surface area contributed by atoms with Crippen LogP contribution in [0.2, 0.25) is 0 Å². The molecule has 4 aromatic rings. The lowest BCUT2D eigenvalue weighted by molar-refractivity contribution is 1.04. The summed E-state index contributed by atoms with van der Waals surface area (Å²) in [5, 5.41) is 14.2. The van der Waals surface area contributed by atoms with Crippen LogP contribution in [-0.2, 0) is 6.54 Å². The molecule has 1 aromatic carbocycles. The van der Waals surface area contributed by atoms with Gasteiger partial charge >= 0.3 is 0 Å². The summed E-state index contributed by atoms with van der Waals surface area (Å²) in [4.78, 5) is 17.9. The van der Waals surface area contributed by atoms with Gasteiger partial charge in [-0.25, -0.2) is 9.97 Å². The van der Waals surface area contributed by atoms with Crippen molar-refractivity contribution >= 4 is 22.3 Å². The van der Waals surface area contributed by atoms with E-state index in [0.717, 1.165) is 50.3 Å². The number of pyridine rings is 2. The Morgan fingerprint density at radius 1 is 1.14 bits per heavy atom. The number of rotatable bonds is 7. The molecule has 35 heavy (non-hydrogen) atoms. The Morgan fingerprint density at radius 3 is 2.77 bits per heavy atom. The molecule has 6 nitrogen and oxygen atoms in total. The molecule has 0 spiro atoms. The van der Waals surface area contributed by atoms with Crippen LogP contribution in [0.1, 0.15) is 36.2 Å². The number of allylic oxidation sites excluding steroid dienone is 5. The molecule has 0 bridgehead atoms. The summed E-state index contributed by atoms with van der Waals surface area (Å²) in [6, 6.07) is 14.2. The second-order valence-electron chi connectivity index (χ2n) is 8.26. The van der Waals surface area contributed by atoms with Crippen LogP contribution in [0.5, 0.6) is 0 Å². The zero-order valence-corrected chi connectivity index (χ0v) is 20.1. The van der Waals surface area contributed by atoms with E-state index in [0.29, 0.717) is 17.8 Å². The summed E-state index contributed by atoms with van der Waals surface area (Å²) in [5.41, 5.74) is 7.56. The topological polar surface area (TPSA) is 87.4 Å². The van der Waals surface area contributed by atoms with E-state index in [1.54, 1.807) is 18.7 Å². The van der Waals surface area contributed by atoms with Gasteiger partial charge in [-0.15, -0.1) is 0 Å². The maximum absolute atomic E-state index is 9.75. The lowest BCUT2D eigenvalue weighted by Gasteiger charge is -2.13. The SMILES string of the molecule is C=C(C)/C=C(\C=C/C)c1ncc(CNc2ncnc(-c3ccc4ncccc4c3)c2C)cc1C#N. The number of fused-ring (bicyclic) bond motifs is 1. The first-order valence-corrected chi connectivity index (χ1v) is 11.3. The number of anilines is 1. The van der Waals surface area contributed by atoms with Crippen LogP contribution in [0.4, 0.5) is 5.82 Å². The highest BCUT2D eigenvalue weighted by Crippen LogP contribution is 2.28. The zero-order valence-electron chi connectivity index (χ0n) is 20.1. The number of hydrogen-bond donors (Lipinski definition) is 1. The van der Waals surface area contributed by atoms with Gasteiger partial charge in [0.15, 0.2) is 0 Å². The fourth-order valence-corrected chi connectivity index (χ4v) is 3.89. The molecule has 0 unspecified atom stereocenters. The molecule has 0 radical (unpaired) electrons. The molecule has 0 aliphatic rings. The third-order valence-corrected chi connectivity index (χ3v) is 5.51. The lowest BCUT2D eigenvalue weighted by atomic mass is 10.0. The van der Waals surface area contributed by atoms with Gasteiger partial charge < -0.3 is 5.32 Å². The molecule has 3 heterocycles. The second kappa shape index (κ2) is 10.5. The fourth-order valence-electron chi connectivity index (χ4n) is 3.89. The highest BCUT2D eigenvalue weighted by Gasteiger charge is 2.12. The molecule has 4 rings (SSSR count). The van der Waals surface area contributed by atoms with Gasteiger partial charge in [-0.3, -0.25) is 9.97 Å². The Morgan fingerprint density at radius 2 is 2.00 bits per heavy atom. The Kier molecular flexibility index (Phi) is 7.08. The first-order valence-electron chi connectivity index (χ1n) is 11.3. The average Bonchev–Trinajstić information content (AvgIpc) is 2.87. The van der Waals surface area contributed by atoms with E-state index in [4.69, 9.17) is 0 Å². The van der Waals surface area contributed by atoms with Gasteiger partial charge in [0.05, 0.1) is 22.5 Å². The van der Waals surface area contributed by atoms with Crippen molar-refractivity contribution in [3.8, 4) is 17.3 Å². The lowest BCUT2D eigenvalue weighted by Crippen LogP contribution is -2.06. The minimum Gasteiger partial charge on any atom is -0.366 e. The minimum atomic E-state index is 0.476. The molecule has 0 aliphatic carbocycles. The van der Waals surface area contributed by atoms with Crippen LogP contribution in [0.3, 0.4) is 0 Å². The number of aromatic nitrogens is 4. The Hall–Kier alpha value is -4.63. The van der Waals surface area contributed by atoms with E-state index < -0.39 is 0 Å². The molecule has 0 aliphatic heterocycles. The summed E-state index contributed by atoms with van der Waals surface area (Å²) in [5.74, 6) is 0.737. The van der Waals surface area contributed by atoms with Crippen LogP contribution in [0, 0.1) is 18.3 Å². The molecule has 0 saturated carbocycles. The van der Waals surface area contributed by atoms with Crippen molar-refractivity contribution in [3.63, 3.8) is 0 Å². The normalized spacial score (nSPS) is 11.5. The molecule has 0 fully saturated rings. The fraction of sp³-hybridized carbons (Fsp3) is 0.138. The Bertz CT molecular complexity index is 1510. The van der Waals surface area contributed by atoms with Gasteiger partial charge in [0, 0.05) is 41.0 Å². The quantitative estimate of drug-likeness (QED) is 0.322. The van der Waals surface area contributed by atoms with Crippen LogP contribution >= 0.6 is 0 Å². The maximum Gasteiger partial charge on any atom is 0.133 e. The summed E-state index contributed by atoms with van der Waals surface area (Å²) >= 11 is 0. The summed E-state index contributed by atoms with van der Waals surface area (Å²) in [7, 11) is 0. The maximum atomic E-state index is 9.75. The molecular formula is C29H26N6. The standard InChI is InChI=1S/C29H26N6/c1-5-7-23(12-19(2)3)28-25(15-30)13-21(16-32-28)17-33-29-20(4)27(34-18-35-29)24-9-10-26-22(14-24)8-6-11-31-26/h5-14,16,18H,2,17H2,1,3-4H3,(H,33,34,35)/b7-5-,23-12+. The van der Waals surface area contributed by atoms with Gasteiger partial charge in [-0.2, -0.15) is 5.26 Å². The molecule has 0 amide bonds. The van der Waals surface area contributed by atoms with Gasteiger partial charge in [-0.05, 0) is 50.6 Å². The summed E-state index contributed by atoms with van der Waals surface area (Å²) in [6.07, 6.45) is 10.9. The number of benzene rings is 1. The van der Waals surface area contributed by atoms with Crippen molar-refractivity contribution in [3.05, 3.63) is 108 Å². The van der Waals surface area contributed by atoms with Crippen molar-refractivity contribution in [1.82, 2.24) is 19.9 Å². The Balaban J connectivity index is 1.59. The van der Waals surface area contributed by atoms with E-state index in [9.17, 15) is 5.26 Å². The highest BCUT2D eigenvalue weighted by atomic mass is 15.0.